The van der Waals surface area contributed by atoms with E-state index in [-0.39, 0.29) is 11.8 Å². The summed E-state index contributed by atoms with van der Waals surface area (Å²) >= 11 is 0. The lowest BCUT2D eigenvalue weighted by Crippen LogP contribution is -2.31. The number of carbonyl (C=O) groups excluding carboxylic acids is 2. The second-order valence-corrected chi connectivity index (χ2v) is 5.64. The summed E-state index contributed by atoms with van der Waals surface area (Å²) in [5, 5.41) is 0. The standard InChI is InChI=1S/C21H14N2O2/c24-20-18(15-8-3-1-4-9-15)19(16-10-5-2-6-11-16)21(25)23(20)17-12-7-13-22-14-17/h1-14H. The third-order valence-corrected chi connectivity index (χ3v) is 4.11. The molecular weight excluding hydrogens is 312 g/mol. The minimum absolute atomic E-state index is 0.331. The Bertz CT molecular complexity index is 903. The fourth-order valence-electron chi connectivity index (χ4n) is 3.00. The number of imide groups is 1. The maximum Gasteiger partial charge on any atom is 0.266 e. The summed E-state index contributed by atoms with van der Waals surface area (Å²) in [5.41, 5.74) is 2.76. The molecule has 4 rings (SSSR count). The molecule has 0 atom stereocenters. The van der Waals surface area contributed by atoms with Crippen molar-refractivity contribution >= 4 is 28.6 Å². The number of anilines is 1. The number of nitrogens with zero attached hydrogens (tertiary/aromatic N) is 2. The molecular formula is C21H14N2O2. The summed E-state index contributed by atoms with van der Waals surface area (Å²) in [7, 11) is 0. The van der Waals surface area contributed by atoms with E-state index in [1.165, 1.54) is 11.1 Å². The third-order valence-electron chi connectivity index (χ3n) is 4.11. The molecule has 120 valence electrons. The molecule has 2 aromatic carbocycles. The lowest BCUT2D eigenvalue weighted by atomic mass is 9.96. The van der Waals surface area contributed by atoms with E-state index in [2.05, 4.69) is 4.98 Å². The van der Waals surface area contributed by atoms with Crippen LogP contribution in [0, 0.1) is 0 Å². The molecule has 0 spiro atoms. The third kappa shape index (κ3) is 2.54. The predicted molar refractivity (Wildman–Crippen MR) is 96.4 cm³/mol. The summed E-state index contributed by atoms with van der Waals surface area (Å²) in [4.78, 5) is 31.5. The Balaban J connectivity index is 1.93. The van der Waals surface area contributed by atoms with Crippen molar-refractivity contribution < 1.29 is 9.59 Å². The topological polar surface area (TPSA) is 50.3 Å². The first kappa shape index (κ1) is 15.0. The Morgan fingerprint density at radius 2 is 1.16 bits per heavy atom. The fourth-order valence-corrected chi connectivity index (χ4v) is 3.00. The van der Waals surface area contributed by atoms with Crippen molar-refractivity contribution in [2.45, 2.75) is 0 Å². The molecule has 0 radical (unpaired) electrons. The zero-order valence-electron chi connectivity index (χ0n) is 13.3. The number of hydrogen-bond acceptors (Lipinski definition) is 3. The number of carbonyl (C=O) groups is 2. The van der Waals surface area contributed by atoms with Crippen LogP contribution in [0.15, 0.2) is 85.2 Å². The van der Waals surface area contributed by atoms with E-state index < -0.39 is 0 Å². The van der Waals surface area contributed by atoms with Crippen LogP contribution in [-0.4, -0.2) is 16.8 Å². The van der Waals surface area contributed by atoms with Gasteiger partial charge in [-0.05, 0) is 23.3 Å². The molecule has 3 aromatic rings. The van der Waals surface area contributed by atoms with Crippen LogP contribution in [0.3, 0.4) is 0 Å². The normalized spacial score (nSPS) is 14.3. The summed E-state index contributed by atoms with van der Waals surface area (Å²) < 4.78 is 0. The molecule has 1 aromatic heterocycles. The van der Waals surface area contributed by atoms with Crippen molar-refractivity contribution in [2.75, 3.05) is 4.90 Å². The number of pyridine rings is 1. The van der Waals surface area contributed by atoms with Gasteiger partial charge in [-0.25, -0.2) is 4.90 Å². The molecule has 0 unspecified atom stereocenters. The zero-order chi connectivity index (χ0) is 17.2. The van der Waals surface area contributed by atoms with Gasteiger partial charge in [-0.3, -0.25) is 14.6 Å². The SMILES string of the molecule is O=C1C(c2ccccc2)=C(c2ccccc2)C(=O)N1c1cccnc1. The average Bonchev–Trinajstić information content (AvgIpc) is 2.94. The van der Waals surface area contributed by atoms with Gasteiger partial charge in [0, 0.05) is 6.20 Å². The van der Waals surface area contributed by atoms with Crippen LogP contribution in [0.4, 0.5) is 5.69 Å². The van der Waals surface area contributed by atoms with E-state index in [9.17, 15) is 9.59 Å². The molecule has 4 nitrogen and oxygen atoms in total. The minimum Gasteiger partial charge on any atom is -0.268 e. The number of rotatable bonds is 3. The van der Waals surface area contributed by atoms with Crippen LogP contribution in [0.2, 0.25) is 0 Å². The van der Waals surface area contributed by atoms with E-state index >= 15 is 0 Å². The van der Waals surface area contributed by atoms with Gasteiger partial charge < -0.3 is 0 Å². The van der Waals surface area contributed by atoms with Gasteiger partial charge in [-0.2, -0.15) is 0 Å². The Morgan fingerprint density at radius 1 is 0.640 bits per heavy atom. The van der Waals surface area contributed by atoms with Crippen LogP contribution >= 0.6 is 0 Å². The Hall–Kier alpha value is -3.53. The first-order chi connectivity index (χ1) is 12.3. The average molecular weight is 326 g/mol. The van der Waals surface area contributed by atoms with Gasteiger partial charge in [0.25, 0.3) is 11.8 Å². The van der Waals surface area contributed by atoms with Crippen molar-refractivity contribution in [3.63, 3.8) is 0 Å². The highest BCUT2D eigenvalue weighted by Crippen LogP contribution is 2.37. The first-order valence-corrected chi connectivity index (χ1v) is 7.91. The second kappa shape index (κ2) is 6.17. The molecule has 25 heavy (non-hydrogen) atoms. The van der Waals surface area contributed by atoms with Gasteiger partial charge in [-0.1, -0.05) is 60.7 Å². The highest BCUT2D eigenvalue weighted by Gasteiger charge is 2.40. The molecule has 2 heterocycles. The molecule has 1 aliphatic rings. The van der Waals surface area contributed by atoms with Crippen molar-refractivity contribution in [1.82, 2.24) is 4.98 Å². The van der Waals surface area contributed by atoms with Gasteiger partial charge in [0.05, 0.1) is 23.0 Å². The molecule has 0 aliphatic carbocycles. The molecule has 0 bridgehead atoms. The van der Waals surface area contributed by atoms with Crippen LogP contribution in [0.25, 0.3) is 11.1 Å². The van der Waals surface area contributed by atoms with E-state index in [1.807, 2.05) is 60.7 Å². The predicted octanol–water partition coefficient (Wildman–Crippen LogP) is 3.57. The molecule has 0 N–H and O–H groups in total. The largest absolute Gasteiger partial charge is 0.268 e. The molecule has 1 aliphatic heterocycles. The molecule has 0 saturated carbocycles. The fraction of sp³-hybridized carbons (Fsp3) is 0. The first-order valence-electron chi connectivity index (χ1n) is 7.91. The lowest BCUT2D eigenvalue weighted by Gasteiger charge is -2.14. The summed E-state index contributed by atoms with van der Waals surface area (Å²) in [6.45, 7) is 0. The summed E-state index contributed by atoms with van der Waals surface area (Å²) in [5.74, 6) is -0.661. The van der Waals surface area contributed by atoms with E-state index in [0.717, 1.165) is 11.1 Å². The van der Waals surface area contributed by atoms with Gasteiger partial charge in [-0.15, -0.1) is 0 Å². The Morgan fingerprint density at radius 3 is 1.60 bits per heavy atom. The summed E-state index contributed by atoms with van der Waals surface area (Å²) in [6.07, 6.45) is 3.13. The lowest BCUT2D eigenvalue weighted by molar-refractivity contribution is -0.119. The van der Waals surface area contributed by atoms with Crippen LogP contribution < -0.4 is 4.90 Å². The number of aromatic nitrogens is 1. The maximum atomic E-state index is 13.1. The van der Waals surface area contributed by atoms with Crippen molar-refractivity contribution in [3.8, 4) is 0 Å². The highest BCUT2D eigenvalue weighted by atomic mass is 16.2. The van der Waals surface area contributed by atoms with Crippen molar-refractivity contribution in [1.29, 1.82) is 0 Å². The van der Waals surface area contributed by atoms with E-state index in [0.29, 0.717) is 16.8 Å². The van der Waals surface area contributed by atoms with Crippen molar-refractivity contribution in [2.24, 2.45) is 0 Å². The monoisotopic (exact) mass is 326 g/mol. The van der Waals surface area contributed by atoms with Crippen LogP contribution in [0.1, 0.15) is 11.1 Å². The number of amides is 2. The van der Waals surface area contributed by atoms with Gasteiger partial charge in [0.15, 0.2) is 0 Å². The number of hydrogen-bond donors (Lipinski definition) is 0. The molecule has 2 amide bonds. The second-order valence-electron chi connectivity index (χ2n) is 5.64. The smallest absolute Gasteiger partial charge is 0.266 e. The van der Waals surface area contributed by atoms with Gasteiger partial charge in [0.1, 0.15) is 0 Å². The molecule has 0 saturated heterocycles. The van der Waals surface area contributed by atoms with E-state index in [4.69, 9.17) is 0 Å². The van der Waals surface area contributed by atoms with Crippen LogP contribution in [0.5, 0.6) is 0 Å². The van der Waals surface area contributed by atoms with Gasteiger partial charge in [0.2, 0.25) is 0 Å². The molecule has 0 fully saturated rings. The maximum absolute atomic E-state index is 13.1. The van der Waals surface area contributed by atoms with Gasteiger partial charge >= 0.3 is 0 Å². The quantitative estimate of drug-likeness (QED) is 0.692. The minimum atomic E-state index is -0.331. The number of benzene rings is 2. The zero-order valence-corrected chi connectivity index (χ0v) is 13.3. The highest BCUT2D eigenvalue weighted by molar-refractivity contribution is 6.56. The van der Waals surface area contributed by atoms with Crippen molar-refractivity contribution in [3.05, 3.63) is 96.3 Å². The van der Waals surface area contributed by atoms with Crippen LogP contribution in [-0.2, 0) is 9.59 Å². The summed E-state index contributed by atoms with van der Waals surface area (Å²) in [6, 6.07) is 22.0. The van der Waals surface area contributed by atoms with E-state index in [1.54, 1.807) is 18.3 Å². The molecule has 4 heteroatoms. The Labute approximate surface area is 145 Å². The Kier molecular flexibility index (Phi) is 3.71.